The fourth-order valence-corrected chi connectivity index (χ4v) is 2.29. The minimum absolute atomic E-state index is 0.126. The van der Waals surface area contributed by atoms with E-state index in [-0.39, 0.29) is 16.9 Å². The van der Waals surface area contributed by atoms with Gasteiger partial charge in [-0.2, -0.15) is 0 Å². The van der Waals surface area contributed by atoms with Crippen LogP contribution in [0.3, 0.4) is 0 Å². The van der Waals surface area contributed by atoms with Gasteiger partial charge in [0.1, 0.15) is 0 Å². The van der Waals surface area contributed by atoms with Crippen LogP contribution >= 0.6 is 0 Å². The van der Waals surface area contributed by atoms with Gasteiger partial charge in [0.25, 0.3) is 11.6 Å². The summed E-state index contributed by atoms with van der Waals surface area (Å²) in [7, 11) is 0. The standard InChI is InChI=1S/C16H11N3O4/c20-15-9-13(12-6-1-2-7-14(12)18-15)16(21)17-10-4-3-5-11(8-10)19(22)23/h1-9H,(H,17,21)(H,18,20). The Bertz CT molecular complexity index is 978. The summed E-state index contributed by atoms with van der Waals surface area (Å²) >= 11 is 0. The van der Waals surface area contributed by atoms with Crippen LogP contribution in [0, 0.1) is 10.1 Å². The van der Waals surface area contributed by atoms with Crippen LogP contribution in [0.15, 0.2) is 59.4 Å². The highest BCUT2D eigenvalue weighted by molar-refractivity contribution is 6.12. The number of pyridine rings is 1. The molecule has 0 unspecified atom stereocenters. The molecule has 0 atom stereocenters. The first-order chi connectivity index (χ1) is 11.0. The first-order valence-electron chi connectivity index (χ1n) is 6.72. The number of benzene rings is 2. The summed E-state index contributed by atoms with van der Waals surface area (Å²) in [5.41, 5.74) is 0.514. The first kappa shape index (κ1) is 14.5. The van der Waals surface area contributed by atoms with Gasteiger partial charge in [-0.1, -0.05) is 24.3 Å². The van der Waals surface area contributed by atoms with Crippen LogP contribution < -0.4 is 10.9 Å². The highest BCUT2D eigenvalue weighted by Gasteiger charge is 2.13. The summed E-state index contributed by atoms with van der Waals surface area (Å²) < 4.78 is 0. The number of rotatable bonds is 3. The summed E-state index contributed by atoms with van der Waals surface area (Å²) in [5, 5.41) is 13.9. The van der Waals surface area contributed by atoms with Crippen molar-refractivity contribution in [3.63, 3.8) is 0 Å². The number of hydrogen-bond acceptors (Lipinski definition) is 4. The van der Waals surface area contributed by atoms with E-state index in [1.807, 2.05) is 0 Å². The number of para-hydroxylation sites is 1. The van der Waals surface area contributed by atoms with Crippen molar-refractivity contribution in [3.05, 3.63) is 80.6 Å². The van der Waals surface area contributed by atoms with Gasteiger partial charge in [-0.3, -0.25) is 19.7 Å². The van der Waals surface area contributed by atoms with E-state index < -0.39 is 16.4 Å². The SMILES string of the molecule is O=C(Nc1cccc([N+](=O)[O-])c1)c1cc(=O)[nH]c2ccccc12. The molecule has 1 aromatic heterocycles. The monoisotopic (exact) mass is 309 g/mol. The Morgan fingerprint density at radius 2 is 1.87 bits per heavy atom. The molecule has 0 aliphatic heterocycles. The Balaban J connectivity index is 2.00. The Hall–Kier alpha value is -3.48. The van der Waals surface area contributed by atoms with Gasteiger partial charge in [0.15, 0.2) is 0 Å². The van der Waals surface area contributed by atoms with Crippen LogP contribution in [-0.4, -0.2) is 15.8 Å². The zero-order valence-electron chi connectivity index (χ0n) is 11.8. The number of H-pyrrole nitrogens is 1. The number of non-ortho nitro benzene ring substituents is 1. The highest BCUT2D eigenvalue weighted by Crippen LogP contribution is 2.20. The molecule has 1 heterocycles. The predicted molar refractivity (Wildman–Crippen MR) is 85.6 cm³/mol. The number of nitrogens with zero attached hydrogens (tertiary/aromatic N) is 1. The third-order valence-electron chi connectivity index (χ3n) is 3.31. The van der Waals surface area contributed by atoms with E-state index in [0.29, 0.717) is 10.9 Å². The molecule has 7 heteroatoms. The predicted octanol–water partition coefficient (Wildman–Crippen LogP) is 2.69. The van der Waals surface area contributed by atoms with Gasteiger partial charge >= 0.3 is 0 Å². The van der Waals surface area contributed by atoms with Crippen molar-refractivity contribution in [2.75, 3.05) is 5.32 Å². The molecule has 23 heavy (non-hydrogen) atoms. The number of fused-ring (bicyclic) bond motifs is 1. The van der Waals surface area contributed by atoms with Gasteiger partial charge in [-0.15, -0.1) is 0 Å². The fraction of sp³-hybridized carbons (Fsp3) is 0. The number of hydrogen-bond donors (Lipinski definition) is 2. The van der Waals surface area contributed by atoms with Crippen molar-refractivity contribution in [3.8, 4) is 0 Å². The lowest BCUT2D eigenvalue weighted by Crippen LogP contribution is -2.16. The number of amides is 1. The summed E-state index contributed by atoms with van der Waals surface area (Å²) in [5.74, 6) is -0.507. The molecule has 3 aromatic rings. The van der Waals surface area contributed by atoms with E-state index in [1.165, 1.54) is 24.3 Å². The average Bonchev–Trinajstić information content (AvgIpc) is 2.54. The summed E-state index contributed by atoms with van der Waals surface area (Å²) in [6.45, 7) is 0. The number of nitro groups is 1. The van der Waals surface area contributed by atoms with Crippen molar-refractivity contribution in [1.29, 1.82) is 0 Å². The molecule has 3 rings (SSSR count). The van der Waals surface area contributed by atoms with Gasteiger partial charge in [-0.25, -0.2) is 0 Å². The summed E-state index contributed by atoms with van der Waals surface area (Å²) in [4.78, 5) is 37.0. The maximum atomic E-state index is 12.4. The Morgan fingerprint density at radius 1 is 1.09 bits per heavy atom. The van der Waals surface area contributed by atoms with E-state index in [1.54, 1.807) is 30.3 Å². The summed E-state index contributed by atoms with van der Waals surface area (Å²) in [6, 6.07) is 13.7. The van der Waals surface area contributed by atoms with E-state index in [2.05, 4.69) is 10.3 Å². The number of nitro benzene ring substituents is 1. The molecule has 0 spiro atoms. The number of anilines is 1. The zero-order valence-corrected chi connectivity index (χ0v) is 11.8. The van der Waals surface area contributed by atoms with Crippen molar-refractivity contribution in [2.24, 2.45) is 0 Å². The topological polar surface area (TPSA) is 105 Å². The molecule has 0 fully saturated rings. The minimum atomic E-state index is -0.543. The number of aromatic nitrogens is 1. The second-order valence-corrected chi connectivity index (χ2v) is 4.85. The maximum Gasteiger partial charge on any atom is 0.271 e. The highest BCUT2D eigenvalue weighted by atomic mass is 16.6. The quantitative estimate of drug-likeness (QED) is 0.573. The average molecular weight is 309 g/mol. The second-order valence-electron chi connectivity index (χ2n) is 4.85. The molecule has 2 aromatic carbocycles. The Kier molecular flexibility index (Phi) is 3.60. The molecule has 0 saturated heterocycles. The molecule has 0 bridgehead atoms. The first-order valence-corrected chi connectivity index (χ1v) is 6.72. The van der Waals surface area contributed by atoms with Crippen molar-refractivity contribution in [2.45, 2.75) is 0 Å². The van der Waals surface area contributed by atoms with Gasteiger partial charge in [0, 0.05) is 34.8 Å². The number of nitrogens with one attached hydrogen (secondary N) is 2. The smallest absolute Gasteiger partial charge is 0.271 e. The number of carbonyl (C=O) groups excluding carboxylic acids is 1. The Labute approximate surface area is 129 Å². The van der Waals surface area contributed by atoms with Crippen LogP contribution in [0.1, 0.15) is 10.4 Å². The van der Waals surface area contributed by atoms with Crippen LogP contribution in [0.5, 0.6) is 0 Å². The van der Waals surface area contributed by atoms with Crippen LogP contribution in [0.4, 0.5) is 11.4 Å². The lowest BCUT2D eigenvalue weighted by molar-refractivity contribution is -0.384. The van der Waals surface area contributed by atoms with E-state index in [4.69, 9.17) is 0 Å². The lowest BCUT2D eigenvalue weighted by atomic mass is 10.1. The minimum Gasteiger partial charge on any atom is -0.322 e. The molecular weight excluding hydrogens is 298 g/mol. The van der Waals surface area contributed by atoms with Gasteiger partial charge in [0.2, 0.25) is 5.56 Å². The molecule has 0 radical (unpaired) electrons. The third kappa shape index (κ3) is 2.93. The fourth-order valence-electron chi connectivity index (χ4n) is 2.29. The number of aromatic amines is 1. The molecule has 1 amide bonds. The molecular formula is C16H11N3O4. The van der Waals surface area contributed by atoms with Crippen molar-refractivity contribution >= 4 is 28.2 Å². The molecule has 7 nitrogen and oxygen atoms in total. The van der Waals surface area contributed by atoms with Crippen molar-refractivity contribution in [1.82, 2.24) is 4.98 Å². The molecule has 2 N–H and O–H groups in total. The summed E-state index contributed by atoms with van der Waals surface area (Å²) in [6.07, 6.45) is 0. The molecule has 0 aliphatic carbocycles. The lowest BCUT2D eigenvalue weighted by Gasteiger charge is -2.07. The van der Waals surface area contributed by atoms with Crippen LogP contribution in [-0.2, 0) is 0 Å². The van der Waals surface area contributed by atoms with Gasteiger partial charge in [0.05, 0.1) is 10.5 Å². The normalized spacial score (nSPS) is 10.4. The van der Waals surface area contributed by atoms with E-state index in [9.17, 15) is 19.7 Å². The van der Waals surface area contributed by atoms with Gasteiger partial charge < -0.3 is 10.3 Å². The molecule has 114 valence electrons. The van der Waals surface area contributed by atoms with E-state index >= 15 is 0 Å². The number of carbonyl (C=O) groups is 1. The van der Waals surface area contributed by atoms with E-state index in [0.717, 1.165) is 0 Å². The second kappa shape index (κ2) is 5.72. The zero-order chi connectivity index (χ0) is 16.4. The maximum absolute atomic E-state index is 12.4. The van der Waals surface area contributed by atoms with Crippen LogP contribution in [0.25, 0.3) is 10.9 Å². The van der Waals surface area contributed by atoms with Crippen LogP contribution in [0.2, 0.25) is 0 Å². The van der Waals surface area contributed by atoms with Gasteiger partial charge in [-0.05, 0) is 12.1 Å². The molecule has 0 saturated carbocycles. The third-order valence-corrected chi connectivity index (χ3v) is 3.31. The Morgan fingerprint density at radius 3 is 2.65 bits per heavy atom. The largest absolute Gasteiger partial charge is 0.322 e. The molecule has 0 aliphatic rings. The van der Waals surface area contributed by atoms with Crippen molar-refractivity contribution < 1.29 is 9.72 Å².